The van der Waals surface area contributed by atoms with E-state index in [0.717, 1.165) is 12.8 Å². The van der Waals surface area contributed by atoms with Crippen LogP contribution in [0, 0.1) is 0 Å². The lowest BCUT2D eigenvalue weighted by molar-refractivity contribution is 1.06. The first-order valence-corrected chi connectivity index (χ1v) is 6.70. The standard InChI is InChI=1S/C17H21N/c1-3-13-9-10-14(4-2)17(11-13)16-8-6-5-7-15(16)12-18/h5-11H,3-4,12,18H2,1-2H3. The highest BCUT2D eigenvalue weighted by Gasteiger charge is 2.08. The van der Waals surface area contributed by atoms with Gasteiger partial charge in [0.2, 0.25) is 0 Å². The Labute approximate surface area is 110 Å². The Hall–Kier alpha value is -1.60. The molecule has 1 heteroatoms. The molecule has 0 aliphatic heterocycles. The molecule has 2 rings (SSSR count). The number of rotatable bonds is 4. The zero-order chi connectivity index (χ0) is 13.0. The highest BCUT2D eigenvalue weighted by molar-refractivity contribution is 5.71. The molecule has 0 aliphatic carbocycles. The van der Waals surface area contributed by atoms with Gasteiger partial charge in [0.25, 0.3) is 0 Å². The third-order valence-corrected chi connectivity index (χ3v) is 3.49. The molecule has 0 saturated heterocycles. The maximum absolute atomic E-state index is 5.85. The molecule has 0 amide bonds. The van der Waals surface area contributed by atoms with Gasteiger partial charge in [0, 0.05) is 6.54 Å². The number of nitrogens with two attached hydrogens (primary N) is 1. The average Bonchev–Trinajstić information content (AvgIpc) is 2.46. The Balaban J connectivity index is 2.60. The second kappa shape index (κ2) is 5.83. The van der Waals surface area contributed by atoms with Crippen LogP contribution in [-0.4, -0.2) is 0 Å². The summed E-state index contributed by atoms with van der Waals surface area (Å²) in [5, 5.41) is 0. The van der Waals surface area contributed by atoms with E-state index in [0.29, 0.717) is 6.54 Å². The summed E-state index contributed by atoms with van der Waals surface area (Å²) in [5.41, 5.74) is 12.5. The van der Waals surface area contributed by atoms with E-state index in [4.69, 9.17) is 5.73 Å². The summed E-state index contributed by atoms with van der Waals surface area (Å²) in [5.74, 6) is 0. The van der Waals surface area contributed by atoms with E-state index in [2.05, 4.69) is 56.3 Å². The Morgan fingerprint density at radius 2 is 1.61 bits per heavy atom. The Morgan fingerprint density at radius 1 is 0.833 bits per heavy atom. The van der Waals surface area contributed by atoms with E-state index in [1.54, 1.807) is 0 Å². The van der Waals surface area contributed by atoms with Gasteiger partial charge in [-0.3, -0.25) is 0 Å². The minimum atomic E-state index is 0.593. The first-order valence-electron chi connectivity index (χ1n) is 6.70. The highest BCUT2D eigenvalue weighted by atomic mass is 14.5. The van der Waals surface area contributed by atoms with Gasteiger partial charge in [-0.2, -0.15) is 0 Å². The summed E-state index contributed by atoms with van der Waals surface area (Å²) in [7, 11) is 0. The van der Waals surface area contributed by atoms with Crippen LogP contribution in [0.15, 0.2) is 42.5 Å². The highest BCUT2D eigenvalue weighted by Crippen LogP contribution is 2.28. The van der Waals surface area contributed by atoms with Gasteiger partial charge in [0.15, 0.2) is 0 Å². The van der Waals surface area contributed by atoms with Crippen LogP contribution in [0.2, 0.25) is 0 Å². The van der Waals surface area contributed by atoms with Crippen molar-refractivity contribution in [1.82, 2.24) is 0 Å². The van der Waals surface area contributed by atoms with Crippen molar-refractivity contribution in [3.05, 3.63) is 59.2 Å². The fraction of sp³-hybridized carbons (Fsp3) is 0.294. The summed E-state index contributed by atoms with van der Waals surface area (Å²) < 4.78 is 0. The second-order valence-electron chi connectivity index (χ2n) is 4.56. The molecule has 2 aromatic rings. The number of hydrogen-bond acceptors (Lipinski definition) is 1. The maximum atomic E-state index is 5.85. The van der Waals surface area contributed by atoms with E-state index in [1.165, 1.54) is 27.8 Å². The monoisotopic (exact) mass is 239 g/mol. The van der Waals surface area contributed by atoms with Crippen molar-refractivity contribution in [1.29, 1.82) is 0 Å². The van der Waals surface area contributed by atoms with Crippen molar-refractivity contribution in [3.8, 4) is 11.1 Å². The quantitative estimate of drug-likeness (QED) is 0.859. The SMILES string of the molecule is CCc1ccc(CC)c(-c2ccccc2CN)c1. The van der Waals surface area contributed by atoms with Crippen molar-refractivity contribution in [3.63, 3.8) is 0 Å². The molecule has 2 aromatic carbocycles. The molecule has 0 aromatic heterocycles. The van der Waals surface area contributed by atoms with Crippen LogP contribution in [0.3, 0.4) is 0 Å². The van der Waals surface area contributed by atoms with Gasteiger partial charge >= 0.3 is 0 Å². The predicted molar refractivity (Wildman–Crippen MR) is 78.5 cm³/mol. The van der Waals surface area contributed by atoms with Crippen molar-refractivity contribution >= 4 is 0 Å². The third kappa shape index (κ3) is 2.46. The van der Waals surface area contributed by atoms with Gasteiger partial charge in [-0.1, -0.05) is 56.3 Å². The number of benzene rings is 2. The third-order valence-electron chi connectivity index (χ3n) is 3.49. The van der Waals surface area contributed by atoms with Crippen LogP contribution in [0.1, 0.15) is 30.5 Å². The topological polar surface area (TPSA) is 26.0 Å². The Bertz CT molecular complexity index is 529. The summed E-state index contributed by atoms with van der Waals surface area (Å²) >= 11 is 0. The van der Waals surface area contributed by atoms with Crippen LogP contribution in [0.4, 0.5) is 0 Å². The molecule has 94 valence electrons. The molecule has 0 aliphatic rings. The van der Waals surface area contributed by atoms with Gasteiger partial charge < -0.3 is 5.73 Å². The smallest absolute Gasteiger partial charge is 0.0184 e. The summed E-state index contributed by atoms with van der Waals surface area (Å²) in [4.78, 5) is 0. The molecular formula is C17H21N. The second-order valence-corrected chi connectivity index (χ2v) is 4.56. The molecule has 0 saturated carbocycles. The summed E-state index contributed by atoms with van der Waals surface area (Å²) in [6.45, 7) is 4.99. The van der Waals surface area contributed by atoms with Gasteiger partial charge in [-0.05, 0) is 40.7 Å². The summed E-state index contributed by atoms with van der Waals surface area (Å²) in [6.07, 6.45) is 2.13. The molecule has 0 bridgehead atoms. The lowest BCUT2D eigenvalue weighted by Crippen LogP contribution is -2.00. The first-order chi connectivity index (χ1) is 8.80. The van der Waals surface area contributed by atoms with Crippen molar-refractivity contribution < 1.29 is 0 Å². The minimum Gasteiger partial charge on any atom is -0.326 e. The van der Waals surface area contributed by atoms with Crippen molar-refractivity contribution in [2.75, 3.05) is 0 Å². The van der Waals surface area contributed by atoms with E-state index < -0.39 is 0 Å². The molecule has 0 atom stereocenters. The molecule has 0 fully saturated rings. The van der Waals surface area contributed by atoms with Crippen molar-refractivity contribution in [2.24, 2.45) is 5.73 Å². The van der Waals surface area contributed by atoms with Crippen LogP contribution in [0.25, 0.3) is 11.1 Å². The van der Waals surface area contributed by atoms with Crippen LogP contribution >= 0.6 is 0 Å². The fourth-order valence-corrected chi connectivity index (χ4v) is 2.36. The van der Waals surface area contributed by atoms with E-state index in [-0.39, 0.29) is 0 Å². The van der Waals surface area contributed by atoms with Gasteiger partial charge in [0.1, 0.15) is 0 Å². The number of aryl methyl sites for hydroxylation is 2. The zero-order valence-electron chi connectivity index (χ0n) is 11.2. The van der Waals surface area contributed by atoms with Gasteiger partial charge in [-0.25, -0.2) is 0 Å². The molecule has 2 N–H and O–H groups in total. The van der Waals surface area contributed by atoms with Crippen molar-refractivity contribution in [2.45, 2.75) is 33.2 Å². The van der Waals surface area contributed by atoms with Crippen LogP contribution in [0.5, 0.6) is 0 Å². The Morgan fingerprint density at radius 3 is 2.28 bits per heavy atom. The van der Waals surface area contributed by atoms with E-state index in [1.807, 2.05) is 0 Å². The lowest BCUT2D eigenvalue weighted by Gasteiger charge is -2.13. The normalized spacial score (nSPS) is 10.6. The average molecular weight is 239 g/mol. The van der Waals surface area contributed by atoms with Crippen LogP contribution in [-0.2, 0) is 19.4 Å². The van der Waals surface area contributed by atoms with E-state index in [9.17, 15) is 0 Å². The van der Waals surface area contributed by atoms with E-state index >= 15 is 0 Å². The summed E-state index contributed by atoms with van der Waals surface area (Å²) in [6, 6.07) is 15.2. The minimum absolute atomic E-state index is 0.593. The number of hydrogen-bond donors (Lipinski definition) is 1. The maximum Gasteiger partial charge on any atom is 0.0184 e. The molecule has 0 unspecified atom stereocenters. The van der Waals surface area contributed by atoms with Crippen LogP contribution < -0.4 is 5.73 Å². The van der Waals surface area contributed by atoms with Gasteiger partial charge in [-0.15, -0.1) is 0 Å². The Kier molecular flexibility index (Phi) is 4.16. The molecule has 0 radical (unpaired) electrons. The largest absolute Gasteiger partial charge is 0.326 e. The van der Waals surface area contributed by atoms with Gasteiger partial charge in [0.05, 0.1) is 0 Å². The predicted octanol–water partition coefficient (Wildman–Crippen LogP) is 3.94. The molecule has 0 spiro atoms. The fourth-order valence-electron chi connectivity index (χ4n) is 2.36. The molecule has 18 heavy (non-hydrogen) atoms. The molecular weight excluding hydrogens is 218 g/mol. The zero-order valence-corrected chi connectivity index (χ0v) is 11.2. The first kappa shape index (κ1) is 12.8. The lowest BCUT2D eigenvalue weighted by atomic mass is 9.92. The molecule has 0 heterocycles. The molecule has 1 nitrogen and oxygen atoms in total.